The van der Waals surface area contributed by atoms with Gasteiger partial charge < -0.3 is 14.6 Å². The Bertz CT molecular complexity index is 1560. The molecule has 1 atom stereocenters. The molecule has 10 nitrogen and oxygen atoms in total. The van der Waals surface area contributed by atoms with E-state index in [-0.39, 0.29) is 12.0 Å². The number of hydrogen-bond donors (Lipinski definition) is 1. The van der Waals surface area contributed by atoms with Gasteiger partial charge in [-0.15, -0.1) is 0 Å². The van der Waals surface area contributed by atoms with Crippen LogP contribution < -0.4 is 5.32 Å². The predicted molar refractivity (Wildman–Crippen MR) is 132 cm³/mol. The van der Waals surface area contributed by atoms with Gasteiger partial charge in [0.15, 0.2) is 0 Å². The van der Waals surface area contributed by atoms with Crippen LogP contribution >= 0.6 is 0 Å². The summed E-state index contributed by atoms with van der Waals surface area (Å²) in [5, 5.41) is 11.6. The van der Waals surface area contributed by atoms with Gasteiger partial charge in [-0.1, -0.05) is 17.3 Å². The lowest BCUT2D eigenvalue weighted by atomic mass is 10.1. The fraction of sp³-hybridized carbons (Fsp3) is 0.269. The van der Waals surface area contributed by atoms with Gasteiger partial charge in [-0.25, -0.2) is 4.98 Å². The number of benzene rings is 1. The summed E-state index contributed by atoms with van der Waals surface area (Å²) < 4.78 is 14.6. The number of aromatic nitrogens is 6. The monoisotopic (exact) mass is 483 g/mol. The summed E-state index contributed by atoms with van der Waals surface area (Å²) in [6, 6.07) is 11.5. The Balaban J connectivity index is 1.22. The van der Waals surface area contributed by atoms with Crippen molar-refractivity contribution in [3.8, 4) is 22.6 Å². The van der Waals surface area contributed by atoms with E-state index in [1.807, 2.05) is 62.8 Å². The summed E-state index contributed by atoms with van der Waals surface area (Å²) in [4.78, 5) is 22.2. The summed E-state index contributed by atoms with van der Waals surface area (Å²) in [7, 11) is 1.88. The number of imidazole rings is 1. The summed E-state index contributed by atoms with van der Waals surface area (Å²) in [5.74, 6) is 0.773. The minimum absolute atomic E-state index is 0.136. The SMILES string of the molecule is Cc1ccc(-c2noc(C[C@@H]3CCCO3)n2)cc1NC(=O)c1cnc2cc(-c3ccn(C)n3)ccn12. The van der Waals surface area contributed by atoms with Gasteiger partial charge in [0.05, 0.1) is 24.4 Å². The zero-order valence-electron chi connectivity index (χ0n) is 20.0. The number of anilines is 1. The summed E-state index contributed by atoms with van der Waals surface area (Å²) in [6.07, 6.45) is 8.11. The average molecular weight is 484 g/mol. The Morgan fingerprint density at radius 3 is 2.89 bits per heavy atom. The highest BCUT2D eigenvalue weighted by molar-refractivity contribution is 6.04. The van der Waals surface area contributed by atoms with Crippen molar-refractivity contribution in [1.82, 2.24) is 29.3 Å². The van der Waals surface area contributed by atoms with E-state index < -0.39 is 0 Å². The van der Waals surface area contributed by atoms with Crippen molar-refractivity contribution >= 4 is 17.2 Å². The fourth-order valence-electron chi connectivity index (χ4n) is 4.41. The maximum absolute atomic E-state index is 13.2. The average Bonchev–Trinajstić information content (AvgIpc) is 3.68. The molecule has 1 N–H and O–H groups in total. The first-order chi connectivity index (χ1) is 17.5. The Morgan fingerprint density at radius 2 is 2.08 bits per heavy atom. The molecule has 0 unspecified atom stereocenters. The topological polar surface area (TPSA) is 112 Å². The molecule has 0 aliphatic carbocycles. The van der Waals surface area contributed by atoms with Gasteiger partial charge in [0.25, 0.3) is 5.91 Å². The van der Waals surface area contributed by atoms with E-state index >= 15 is 0 Å². The van der Waals surface area contributed by atoms with Crippen molar-refractivity contribution in [2.24, 2.45) is 7.05 Å². The molecular formula is C26H25N7O3. The number of aryl methyl sites for hydroxylation is 2. The third-order valence-electron chi connectivity index (χ3n) is 6.39. The van der Waals surface area contributed by atoms with Crippen molar-refractivity contribution in [2.75, 3.05) is 11.9 Å². The molecule has 5 heterocycles. The van der Waals surface area contributed by atoms with Crippen LogP contribution in [0.3, 0.4) is 0 Å². The summed E-state index contributed by atoms with van der Waals surface area (Å²) in [5.41, 5.74) is 5.23. The highest BCUT2D eigenvalue weighted by Crippen LogP contribution is 2.26. The maximum atomic E-state index is 13.2. The van der Waals surface area contributed by atoms with Crippen LogP contribution in [0.4, 0.5) is 5.69 Å². The number of rotatable bonds is 6. The number of hydrogen-bond acceptors (Lipinski definition) is 7. The van der Waals surface area contributed by atoms with Crippen molar-refractivity contribution < 1.29 is 14.1 Å². The van der Waals surface area contributed by atoms with Gasteiger partial charge in [-0.05, 0) is 49.6 Å². The molecule has 5 aromatic rings. The third-order valence-corrected chi connectivity index (χ3v) is 6.39. The van der Waals surface area contributed by atoms with E-state index in [9.17, 15) is 4.79 Å². The first kappa shape index (κ1) is 22.2. The molecule has 1 aliphatic rings. The molecule has 10 heteroatoms. The summed E-state index contributed by atoms with van der Waals surface area (Å²) in [6.45, 7) is 2.72. The number of pyridine rings is 1. The molecule has 4 aromatic heterocycles. The Morgan fingerprint density at radius 1 is 1.17 bits per heavy atom. The zero-order valence-corrected chi connectivity index (χ0v) is 20.0. The molecule has 1 aromatic carbocycles. The van der Waals surface area contributed by atoms with Crippen molar-refractivity contribution in [1.29, 1.82) is 0 Å². The lowest BCUT2D eigenvalue weighted by Gasteiger charge is -2.10. The van der Waals surface area contributed by atoms with E-state index in [0.717, 1.165) is 41.8 Å². The van der Waals surface area contributed by atoms with E-state index in [1.165, 1.54) is 0 Å². The van der Waals surface area contributed by atoms with E-state index in [1.54, 1.807) is 15.3 Å². The highest BCUT2D eigenvalue weighted by Gasteiger charge is 2.20. The molecule has 0 saturated carbocycles. The molecule has 6 rings (SSSR count). The van der Waals surface area contributed by atoms with Crippen LogP contribution in [-0.4, -0.2) is 47.9 Å². The Kier molecular flexibility index (Phi) is 5.57. The largest absolute Gasteiger partial charge is 0.378 e. The van der Waals surface area contributed by atoms with Crippen LogP contribution in [-0.2, 0) is 18.2 Å². The van der Waals surface area contributed by atoms with Crippen molar-refractivity contribution in [3.63, 3.8) is 0 Å². The lowest BCUT2D eigenvalue weighted by molar-refractivity contribution is 0.102. The van der Waals surface area contributed by atoms with E-state index in [2.05, 4.69) is 25.5 Å². The number of ether oxygens (including phenoxy) is 1. The van der Waals surface area contributed by atoms with Gasteiger partial charge >= 0.3 is 0 Å². The quantitative estimate of drug-likeness (QED) is 0.387. The Labute approximate surface area is 206 Å². The van der Waals surface area contributed by atoms with Crippen molar-refractivity contribution in [2.45, 2.75) is 32.3 Å². The molecule has 1 fully saturated rings. The second-order valence-electron chi connectivity index (χ2n) is 9.00. The Hall–Kier alpha value is -4.31. The molecular weight excluding hydrogens is 458 g/mol. The molecule has 0 bridgehead atoms. The number of fused-ring (bicyclic) bond motifs is 1. The number of nitrogens with one attached hydrogen (secondary N) is 1. The third kappa shape index (κ3) is 4.27. The molecule has 0 spiro atoms. The van der Waals surface area contributed by atoms with E-state index in [4.69, 9.17) is 9.26 Å². The first-order valence-electron chi connectivity index (χ1n) is 11.9. The second kappa shape index (κ2) is 9.04. The number of carbonyl (C=O) groups is 1. The minimum Gasteiger partial charge on any atom is -0.378 e. The molecule has 0 radical (unpaired) electrons. The smallest absolute Gasteiger partial charge is 0.274 e. The number of nitrogens with zero attached hydrogens (tertiary/aromatic N) is 6. The molecule has 182 valence electrons. The van der Waals surface area contributed by atoms with Gasteiger partial charge in [0, 0.05) is 42.9 Å². The number of amides is 1. The lowest BCUT2D eigenvalue weighted by Crippen LogP contribution is -2.15. The van der Waals surface area contributed by atoms with Crippen LogP contribution in [0.2, 0.25) is 0 Å². The second-order valence-corrected chi connectivity index (χ2v) is 9.00. The molecule has 1 aliphatic heterocycles. The van der Waals surface area contributed by atoms with E-state index in [0.29, 0.717) is 35.2 Å². The normalized spacial score (nSPS) is 15.6. The minimum atomic E-state index is -0.263. The fourth-order valence-corrected chi connectivity index (χ4v) is 4.41. The maximum Gasteiger partial charge on any atom is 0.274 e. The predicted octanol–water partition coefficient (Wildman–Crippen LogP) is 4.07. The number of carbonyl (C=O) groups excluding carboxylic acids is 1. The zero-order chi connectivity index (χ0) is 24.6. The first-order valence-corrected chi connectivity index (χ1v) is 11.9. The molecule has 36 heavy (non-hydrogen) atoms. The van der Waals surface area contributed by atoms with Crippen LogP contribution in [0.1, 0.15) is 34.8 Å². The molecule has 1 saturated heterocycles. The van der Waals surface area contributed by atoms with Crippen LogP contribution in [0.25, 0.3) is 28.3 Å². The molecule has 1 amide bonds. The van der Waals surface area contributed by atoms with Crippen LogP contribution in [0.15, 0.2) is 59.5 Å². The van der Waals surface area contributed by atoms with Gasteiger partial charge in [-0.3, -0.25) is 13.9 Å². The highest BCUT2D eigenvalue weighted by atomic mass is 16.5. The van der Waals surface area contributed by atoms with Gasteiger partial charge in [-0.2, -0.15) is 10.1 Å². The van der Waals surface area contributed by atoms with Crippen LogP contribution in [0.5, 0.6) is 0 Å². The van der Waals surface area contributed by atoms with Gasteiger partial charge in [0.2, 0.25) is 11.7 Å². The van der Waals surface area contributed by atoms with Crippen molar-refractivity contribution in [3.05, 3.63) is 72.1 Å². The summed E-state index contributed by atoms with van der Waals surface area (Å²) >= 11 is 0. The van der Waals surface area contributed by atoms with Crippen LogP contribution in [0, 0.1) is 6.92 Å². The van der Waals surface area contributed by atoms with Gasteiger partial charge in [0.1, 0.15) is 11.3 Å². The standard InChI is InChI=1S/C26H25N7O3/c1-16-5-6-18(25-29-24(36-31-25)14-19-4-3-11-35-19)12-21(16)28-26(34)22-15-27-23-13-17(7-10-33(22)23)20-8-9-32(2)30-20/h5-10,12-13,15,19H,3-4,11,14H2,1-2H3,(H,28,34)/t19-/m0/s1.